The molecule has 0 saturated heterocycles. The van der Waals surface area contributed by atoms with Gasteiger partial charge in [0.1, 0.15) is 4.87 Å². The van der Waals surface area contributed by atoms with Crippen LogP contribution < -0.4 is 5.73 Å². The molecular formula is C10H18ClNO3. The number of aliphatic hydroxyl groups is 1. The van der Waals surface area contributed by atoms with Gasteiger partial charge in [0.2, 0.25) is 0 Å². The molecule has 0 aromatic heterocycles. The van der Waals surface area contributed by atoms with E-state index in [-0.39, 0.29) is 6.61 Å². The number of carbonyl (C=O) groups is 1. The fraction of sp³-hybridized carbons (Fsp3) is 0.900. The van der Waals surface area contributed by atoms with E-state index in [2.05, 4.69) is 0 Å². The van der Waals surface area contributed by atoms with E-state index in [9.17, 15) is 9.90 Å². The lowest BCUT2D eigenvalue weighted by atomic mass is 9.81. The third-order valence-corrected chi connectivity index (χ3v) is 3.57. The van der Waals surface area contributed by atoms with Gasteiger partial charge in [0, 0.05) is 6.61 Å². The first-order chi connectivity index (χ1) is 6.96. The Morgan fingerprint density at radius 2 is 2.07 bits per heavy atom. The number of carbonyl (C=O) groups excluding carboxylic acids is 1. The molecule has 0 bridgehead atoms. The monoisotopic (exact) mass is 235 g/mol. The van der Waals surface area contributed by atoms with E-state index in [0.29, 0.717) is 12.8 Å². The molecule has 1 unspecified atom stereocenters. The third-order valence-electron chi connectivity index (χ3n) is 2.94. The lowest BCUT2D eigenvalue weighted by Crippen LogP contribution is -2.61. The van der Waals surface area contributed by atoms with Crippen LogP contribution in [0.2, 0.25) is 0 Å². The standard InChI is InChI=1S/C10H18ClNO3/c1-2-15-10(14,8(12)13)9(11)6-4-3-5-7-9/h14H,2-7H2,1H3,(H2,12,13). The molecule has 15 heavy (non-hydrogen) atoms. The van der Waals surface area contributed by atoms with Crippen molar-refractivity contribution in [3.05, 3.63) is 0 Å². The number of ether oxygens (including phenoxy) is 1. The highest BCUT2D eigenvalue weighted by Gasteiger charge is 2.55. The summed E-state index contributed by atoms with van der Waals surface area (Å²) >= 11 is 6.28. The minimum Gasteiger partial charge on any atom is -0.365 e. The van der Waals surface area contributed by atoms with Crippen LogP contribution >= 0.6 is 11.6 Å². The van der Waals surface area contributed by atoms with Gasteiger partial charge in [0.25, 0.3) is 11.7 Å². The molecule has 1 aliphatic carbocycles. The van der Waals surface area contributed by atoms with Gasteiger partial charge in [-0.3, -0.25) is 4.79 Å². The number of alkyl halides is 1. The van der Waals surface area contributed by atoms with Crippen molar-refractivity contribution in [3.8, 4) is 0 Å². The quantitative estimate of drug-likeness (QED) is 0.567. The summed E-state index contributed by atoms with van der Waals surface area (Å²) in [6, 6.07) is 0. The van der Waals surface area contributed by atoms with Crippen molar-refractivity contribution >= 4 is 17.5 Å². The number of amides is 1. The van der Waals surface area contributed by atoms with Crippen LogP contribution in [0.3, 0.4) is 0 Å². The lowest BCUT2D eigenvalue weighted by molar-refractivity contribution is -0.222. The predicted octanol–water partition coefficient (Wildman–Crippen LogP) is 1.14. The number of halogens is 1. The van der Waals surface area contributed by atoms with Crippen LogP contribution in [0.5, 0.6) is 0 Å². The summed E-state index contributed by atoms with van der Waals surface area (Å²) in [7, 11) is 0. The maximum atomic E-state index is 11.3. The molecule has 0 aromatic rings. The molecule has 1 amide bonds. The van der Waals surface area contributed by atoms with Crippen molar-refractivity contribution < 1.29 is 14.6 Å². The van der Waals surface area contributed by atoms with Crippen molar-refractivity contribution in [3.63, 3.8) is 0 Å². The van der Waals surface area contributed by atoms with Gasteiger partial charge in [0.15, 0.2) is 0 Å². The number of hydrogen-bond donors (Lipinski definition) is 2. The predicted molar refractivity (Wildman–Crippen MR) is 57.4 cm³/mol. The molecule has 0 radical (unpaired) electrons. The van der Waals surface area contributed by atoms with Crippen LogP contribution in [-0.2, 0) is 9.53 Å². The molecule has 3 N–H and O–H groups in total. The Labute approximate surface area is 94.7 Å². The van der Waals surface area contributed by atoms with Crippen molar-refractivity contribution in [1.82, 2.24) is 0 Å². The Balaban J connectivity index is 2.90. The normalized spacial score (nSPS) is 24.5. The fourth-order valence-corrected chi connectivity index (χ4v) is 2.50. The summed E-state index contributed by atoms with van der Waals surface area (Å²) in [6.07, 6.45) is 3.93. The first-order valence-corrected chi connectivity index (χ1v) is 5.69. The molecule has 0 aliphatic heterocycles. The van der Waals surface area contributed by atoms with Gasteiger partial charge in [-0.05, 0) is 19.8 Å². The molecule has 0 aromatic carbocycles. The smallest absolute Gasteiger partial charge is 0.279 e. The summed E-state index contributed by atoms with van der Waals surface area (Å²) < 4.78 is 5.08. The zero-order chi connectivity index (χ0) is 11.5. The molecule has 1 rings (SSSR count). The Morgan fingerprint density at radius 3 is 2.47 bits per heavy atom. The SMILES string of the molecule is CCOC(O)(C(N)=O)C1(Cl)CCCCC1. The van der Waals surface area contributed by atoms with Crippen LogP contribution in [0.4, 0.5) is 0 Å². The van der Waals surface area contributed by atoms with Gasteiger partial charge in [-0.2, -0.15) is 0 Å². The second kappa shape index (κ2) is 4.68. The fourth-order valence-electron chi connectivity index (χ4n) is 2.08. The van der Waals surface area contributed by atoms with E-state index < -0.39 is 16.6 Å². The lowest BCUT2D eigenvalue weighted by Gasteiger charge is -2.42. The highest BCUT2D eigenvalue weighted by molar-refractivity contribution is 6.26. The van der Waals surface area contributed by atoms with Crippen LogP contribution in [0.15, 0.2) is 0 Å². The van der Waals surface area contributed by atoms with E-state index in [0.717, 1.165) is 19.3 Å². The number of nitrogens with two attached hydrogens (primary N) is 1. The largest absolute Gasteiger partial charge is 0.365 e. The molecule has 88 valence electrons. The van der Waals surface area contributed by atoms with Gasteiger partial charge in [-0.15, -0.1) is 11.6 Å². The average molecular weight is 236 g/mol. The highest BCUT2D eigenvalue weighted by Crippen LogP contribution is 2.43. The van der Waals surface area contributed by atoms with E-state index in [1.54, 1.807) is 6.92 Å². The molecule has 1 fully saturated rings. The van der Waals surface area contributed by atoms with Gasteiger partial charge in [-0.1, -0.05) is 19.3 Å². The van der Waals surface area contributed by atoms with Crippen LogP contribution in [0.1, 0.15) is 39.0 Å². The molecule has 1 saturated carbocycles. The van der Waals surface area contributed by atoms with Gasteiger partial charge in [-0.25, -0.2) is 0 Å². The van der Waals surface area contributed by atoms with Gasteiger partial charge >= 0.3 is 0 Å². The van der Waals surface area contributed by atoms with E-state index in [1.165, 1.54) is 0 Å². The zero-order valence-electron chi connectivity index (χ0n) is 8.96. The molecule has 1 aliphatic rings. The number of rotatable bonds is 4. The number of hydrogen-bond acceptors (Lipinski definition) is 3. The summed E-state index contributed by atoms with van der Waals surface area (Å²) in [5, 5.41) is 10.1. The van der Waals surface area contributed by atoms with Gasteiger partial charge in [0.05, 0.1) is 0 Å². The average Bonchev–Trinajstić information content (AvgIpc) is 2.18. The molecular weight excluding hydrogens is 218 g/mol. The maximum absolute atomic E-state index is 11.3. The molecule has 4 nitrogen and oxygen atoms in total. The molecule has 0 spiro atoms. The Morgan fingerprint density at radius 1 is 1.53 bits per heavy atom. The summed E-state index contributed by atoms with van der Waals surface area (Å²) in [5.74, 6) is -2.94. The summed E-state index contributed by atoms with van der Waals surface area (Å²) in [6.45, 7) is 1.89. The highest BCUT2D eigenvalue weighted by atomic mass is 35.5. The summed E-state index contributed by atoms with van der Waals surface area (Å²) in [5.41, 5.74) is 5.17. The Kier molecular flexibility index (Phi) is 3.98. The van der Waals surface area contributed by atoms with Crippen molar-refractivity contribution in [2.75, 3.05) is 6.61 Å². The van der Waals surface area contributed by atoms with Crippen LogP contribution in [0, 0.1) is 0 Å². The second-order valence-corrected chi connectivity index (χ2v) is 4.69. The van der Waals surface area contributed by atoms with Gasteiger partial charge < -0.3 is 15.6 Å². The van der Waals surface area contributed by atoms with E-state index in [1.807, 2.05) is 0 Å². The Hall–Kier alpha value is -0.320. The van der Waals surface area contributed by atoms with Crippen LogP contribution in [-0.4, -0.2) is 28.3 Å². The first-order valence-electron chi connectivity index (χ1n) is 5.31. The number of primary amides is 1. The molecule has 1 atom stereocenters. The topological polar surface area (TPSA) is 72.6 Å². The minimum absolute atomic E-state index is 0.202. The minimum atomic E-state index is -2.04. The van der Waals surface area contributed by atoms with Crippen molar-refractivity contribution in [1.29, 1.82) is 0 Å². The zero-order valence-corrected chi connectivity index (χ0v) is 9.72. The maximum Gasteiger partial charge on any atom is 0.279 e. The van der Waals surface area contributed by atoms with Crippen molar-refractivity contribution in [2.45, 2.75) is 49.7 Å². The van der Waals surface area contributed by atoms with Crippen molar-refractivity contribution in [2.24, 2.45) is 5.73 Å². The first kappa shape index (κ1) is 12.7. The molecule has 0 heterocycles. The summed E-state index contributed by atoms with van der Waals surface area (Å²) in [4.78, 5) is 10.2. The van der Waals surface area contributed by atoms with E-state index >= 15 is 0 Å². The van der Waals surface area contributed by atoms with E-state index in [4.69, 9.17) is 22.1 Å². The molecule has 5 heteroatoms. The Bertz CT molecular complexity index is 241. The third kappa shape index (κ3) is 2.27. The second-order valence-electron chi connectivity index (χ2n) is 3.97. The van der Waals surface area contributed by atoms with Crippen LogP contribution in [0.25, 0.3) is 0 Å².